The molecule has 3 heteroatoms. The van der Waals surface area contributed by atoms with E-state index in [1.165, 1.54) is 30.4 Å². The first-order valence-electron chi connectivity index (χ1n) is 9.29. The number of benzene rings is 1. The molecule has 0 radical (unpaired) electrons. The molecule has 2 saturated heterocycles. The van der Waals surface area contributed by atoms with Crippen LogP contribution in [0.3, 0.4) is 0 Å². The van der Waals surface area contributed by atoms with Gasteiger partial charge in [-0.25, -0.2) is 0 Å². The van der Waals surface area contributed by atoms with Crippen LogP contribution in [0, 0.1) is 6.92 Å². The highest BCUT2D eigenvalue weighted by molar-refractivity contribution is 5.31. The van der Waals surface area contributed by atoms with Gasteiger partial charge in [0.15, 0.2) is 0 Å². The third-order valence-electron chi connectivity index (χ3n) is 6.24. The molecule has 2 aromatic rings. The molecule has 4 atom stereocenters. The maximum absolute atomic E-state index is 5.86. The van der Waals surface area contributed by atoms with Crippen molar-refractivity contribution in [3.63, 3.8) is 0 Å². The molecule has 2 unspecified atom stereocenters. The van der Waals surface area contributed by atoms with Gasteiger partial charge in [0.05, 0.1) is 5.69 Å². The molecule has 2 bridgehead atoms. The molecule has 0 saturated carbocycles. The lowest BCUT2D eigenvalue weighted by molar-refractivity contribution is 0.122. The van der Waals surface area contributed by atoms with Crippen LogP contribution in [0.15, 0.2) is 34.9 Å². The van der Waals surface area contributed by atoms with Gasteiger partial charge in [0, 0.05) is 24.1 Å². The van der Waals surface area contributed by atoms with Gasteiger partial charge in [-0.15, -0.1) is 0 Å². The maximum atomic E-state index is 5.86. The fourth-order valence-electron chi connectivity index (χ4n) is 4.74. The van der Waals surface area contributed by atoms with E-state index in [2.05, 4.69) is 68.2 Å². The van der Waals surface area contributed by atoms with E-state index in [0.717, 1.165) is 11.5 Å². The minimum Gasteiger partial charge on any atom is -0.361 e. The molecule has 1 aromatic heterocycles. The molecule has 0 spiro atoms. The summed E-state index contributed by atoms with van der Waals surface area (Å²) in [4.78, 5) is 2.59. The van der Waals surface area contributed by atoms with E-state index in [0.29, 0.717) is 29.8 Å². The van der Waals surface area contributed by atoms with Crippen LogP contribution in [0.2, 0.25) is 0 Å². The third kappa shape index (κ3) is 2.59. The van der Waals surface area contributed by atoms with E-state index >= 15 is 0 Å². The van der Waals surface area contributed by atoms with Crippen molar-refractivity contribution >= 4 is 0 Å². The molecule has 2 aliphatic heterocycles. The summed E-state index contributed by atoms with van der Waals surface area (Å²) < 4.78 is 5.86. The summed E-state index contributed by atoms with van der Waals surface area (Å²) in [5.41, 5.74) is 3.86. The summed E-state index contributed by atoms with van der Waals surface area (Å²) in [7, 11) is 2.29. The molecule has 0 aliphatic carbocycles. The monoisotopic (exact) mass is 324 g/mol. The van der Waals surface area contributed by atoms with Crippen molar-refractivity contribution in [3.8, 4) is 0 Å². The van der Waals surface area contributed by atoms with E-state index in [4.69, 9.17) is 4.52 Å². The summed E-state index contributed by atoms with van der Waals surface area (Å²) in [6.45, 7) is 6.51. The van der Waals surface area contributed by atoms with Crippen molar-refractivity contribution in [1.29, 1.82) is 0 Å². The van der Waals surface area contributed by atoms with E-state index in [1.54, 1.807) is 0 Å². The highest BCUT2D eigenvalue weighted by atomic mass is 16.5. The zero-order chi connectivity index (χ0) is 16.8. The SMILES string of the molecule is Cc1ccc(C2C[C@H]3CCC([C@H]2c2cc(C(C)C)no2)N3C)cc1. The number of hydrogen-bond donors (Lipinski definition) is 0. The molecule has 1 aromatic carbocycles. The Hall–Kier alpha value is -1.61. The molecule has 3 nitrogen and oxygen atoms in total. The van der Waals surface area contributed by atoms with Gasteiger partial charge in [-0.3, -0.25) is 4.90 Å². The average Bonchev–Trinajstić information content (AvgIpc) is 3.12. The molecule has 3 heterocycles. The lowest BCUT2D eigenvalue weighted by Crippen LogP contribution is -2.44. The van der Waals surface area contributed by atoms with Gasteiger partial charge < -0.3 is 4.52 Å². The van der Waals surface area contributed by atoms with Crippen molar-refractivity contribution in [1.82, 2.24) is 10.1 Å². The van der Waals surface area contributed by atoms with Crippen LogP contribution in [0.1, 0.15) is 73.4 Å². The summed E-state index contributed by atoms with van der Waals surface area (Å²) in [6.07, 6.45) is 3.80. The topological polar surface area (TPSA) is 29.3 Å². The molecule has 0 N–H and O–H groups in total. The first kappa shape index (κ1) is 15.9. The number of piperidine rings is 1. The molecule has 128 valence electrons. The van der Waals surface area contributed by atoms with Crippen LogP contribution in [0.4, 0.5) is 0 Å². The summed E-state index contributed by atoms with van der Waals surface area (Å²) in [6, 6.07) is 12.6. The first-order valence-corrected chi connectivity index (χ1v) is 9.29. The highest BCUT2D eigenvalue weighted by Gasteiger charge is 2.48. The van der Waals surface area contributed by atoms with E-state index < -0.39 is 0 Å². The summed E-state index contributed by atoms with van der Waals surface area (Å²) in [5, 5.41) is 4.35. The number of rotatable bonds is 3. The zero-order valence-electron chi connectivity index (χ0n) is 15.2. The molecule has 0 amide bonds. The van der Waals surface area contributed by atoms with Gasteiger partial charge in [-0.1, -0.05) is 48.8 Å². The Morgan fingerprint density at radius 2 is 1.92 bits per heavy atom. The third-order valence-corrected chi connectivity index (χ3v) is 6.24. The quantitative estimate of drug-likeness (QED) is 0.809. The highest BCUT2D eigenvalue weighted by Crippen LogP contribution is 2.51. The number of aryl methyl sites for hydroxylation is 1. The molecular formula is C21H28N2O. The van der Waals surface area contributed by atoms with E-state index in [9.17, 15) is 0 Å². The Morgan fingerprint density at radius 1 is 1.17 bits per heavy atom. The fraction of sp³-hybridized carbons (Fsp3) is 0.571. The second kappa shape index (κ2) is 6.03. The van der Waals surface area contributed by atoms with Crippen molar-refractivity contribution in [3.05, 3.63) is 52.9 Å². The number of likely N-dealkylation sites (N-methyl/N-ethyl adjacent to an activating group) is 1. The smallest absolute Gasteiger partial charge is 0.142 e. The van der Waals surface area contributed by atoms with Gasteiger partial charge in [0.2, 0.25) is 0 Å². The van der Waals surface area contributed by atoms with E-state index in [1.807, 2.05) is 0 Å². The Labute approximate surface area is 145 Å². The van der Waals surface area contributed by atoms with Gasteiger partial charge >= 0.3 is 0 Å². The van der Waals surface area contributed by atoms with Crippen LogP contribution in [-0.4, -0.2) is 29.2 Å². The molecule has 4 rings (SSSR count). The first-order chi connectivity index (χ1) is 11.5. The lowest BCUT2D eigenvalue weighted by atomic mass is 9.74. The average molecular weight is 324 g/mol. The molecule has 2 fully saturated rings. The van der Waals surface area contributed by atoms with Crippen LogP contribution < -0.4 is 0 Å². The number of fused-ring (bicyclic) bond motifs is 2. The second-order valence-corrected chi connectivity index (χ2v) is 8.05. The van der Waals surface area contributed by atoms with Gasteiger partial charge in [-0.05, 0) is 50.6 Å². The number of aromatic nitrogens is 1. The number of nitrogens with zero attached hydrogens (tertiary/aromatic N) is 2. The van der Waals surface area contributed by atoms with Crippen LogP contribution in [-0.2, 0) is 0 Å². The minimum atomic E-state index is 0.413. The fourth-order valence-corrected chi connectivity index (χ4v) is 4.74. The number of hydrogen-bond acceptors (Lipinski definition) is 3. The molecular weight excluding hydrogens is 296 g/mol. The normalized spacial score (nSPS) is 30.2. The Bertz CT molecular complexity index is 703. The second-order valence-electron chi connectivity index (χ2n) is 8.05. The van der Waals surface area contributed by atoms with Crippen LogP contribution in [0.5, 0.6) is 0 Å². The molecule has 2 aliphatic rings. The van der Waals surface area contributed by atoms with Crippen molar-refractivity contribution in [2.75, 3.05) is 7.05 Å². The van der Waals surface area contributed by atoms with Crippen molar-refractivity contribution in [2.24, 2.45) is 0 Å². The standard InChI is InChI=1S/C21H28N2O/c1-13(2)18-12-20(24-22-18)21-17(15-7-5-14(3)6-8-15)11-16-9-10-19(21)23(16)4/h5-8,12-13,16-17,19,21H,9-11H2,1-4H3/t16-,17?,19?,21+/m1/s1. The Kier molecular flexibility index (Phi) is 4.00. The minimum absolute atomic E-state index is 0.413. The predicted octanol–water partition coefficient (Wildman–Crippen LogP) is 4.84. The van der Waals surface area contributed by atoms with E-state index in [-0.39, 0.29) is 0 Å². The van der Waals surface area contributed by atoms with Gasteiger partial charge in [0.25, 0.3) is 0 Å². The Balaban J connectivity index is 1.74. The summed E-state index contributed by atoms with van der Waals surface area (Å²) >= 11 is 0. The van der Waals surface area contributed by atoms with Gasteiger partial charge in [0.1, 0.15) is 5.76 Å². The summed E-state index contributed by atoms with van der Waals surface area (Å²) in [5.74, 6) is 2.45. The van der Waals surface area contributed by atoms with Crippen LogP contribution in [0.25, 0.3) is 0 Å². The van der Waals surface area contributed by atoms with Crippen LogP contribution >= 0.6 is 0 Å². The largest absolute Gasteiger partial charge is 0.361 e. The maximum Gasteiger partial charge on any atom is 0.142 e. The Morgan fingerprint density at radius 3 is 2.58 bits per heavy atom. The van der Waals surface area contributed by atoms with Crippen molar-refractivity contribution in [2.45, 2.75) is 69.9 Å². The van der Waals surface area contributed by atoms with Crippen molar-refractivity contribution < 1.29 is 4.52 Å². The van der Waals surface area contributed by atoms with Gasteiger partial charge in [-0.2, -0.15) is 0 Å². The molecule has 24 heavy (non-hydrogen) atoms. The zero-order valence-corrected chi connectivity index (χ0v) is 15.2. The predicted molar refractivity (Wildman–Crippen MR) is 96.4 cm³/mol. The lowest BCUT2D eigenvalue weighted by Gasteiger charge is -2.42.